The van der Waals surface area contributed by atoms with E-state index in [4.69, 9.17) is 28.4 Å². The highest BCUT2D eigenvalue weighted by molar-refractivity contribution is 5.95. The zero-order valence-electron chi connectivity index (χ0n) is 44.2. The second kappa shape index (κ2) is 34.5. The van der Waals surface area contributed by atoms with Gasteiger partial charge in [-0.3, -0.25) is 10.1 Å². The Morgan fingerprint density at radius 2 is 0.600 bits per heavy atom. The summed E-state index contributed by atoms with van der Waals surface area (Å²) in [4.78, 5) is 63.5. The van der Waals surface area contributed by atoms with Crippen molar-refractivity contribution in [1.29, 1.82) is 0 Å². The largest absolute Gasteiger partial charge is 0.494 e. The molecule has 0 fully saturated rings. The van der Waals surface area contributed by atoms with Crippen LogP contribution in [0.15, 0.2) is 115 Å². The van der Waals surface area contributed by atoms with Crippen LogP contribution in [0.4, 0.5) is 5.69 Å². The third-order valence-electron chi connectivity index (χ3n) is 12.9. The van der Waals surface area contributed by atoms with E-state index in [1.807, 2.05) is 0 Å². The van der Waals surface area contributed by atoms with Gasteiger partial charge >= 0.3 is 29.6 Å². The third-order valence-corrected chi connectivity index (χ3v) is 12.9. The Labute approximate surface area is 443 Å². The first kappa shape index (κ1) is 58.9. The molecule has 5 rings (SSSR count). The van der Waals surface area contributed by atoms with E-state index in [2.05, 4.69) is 13.8 Å². The molecule has 0 aliphatic heterocycles. The molecule has 75 heavy (non-hydrogen) atoms. The first-order valence-electron chi connectivity index (χ1n) is 27.5. The van der Waals surface area contributed by atoms with Gasteiger partial charge in [0.2, 0.25) is 11.5 Å². The van der Waals surface area contributed by atoms with Crippen LogP contribution in [0.1, 0.15) is 209 Å². The number of unbranched alkanes of at least 4 members (excludes halogenated alkanes) is 22. The van der Waals surface area contributed by atoms with Crippen molar-refractivity contribution in [3.8, 4) is 34.5 Å². The Kier molecular flexibility index (Phi) is 27.1. The number of ether oxygens (including phenoxy) is 6. The van der Waals surface area contributed by atoms with E-state index in [0.717, 1.165) is 25.7 Å². The first-order chi connectivity index (χ1) is 36.6. The molecule has 0 radical (unpaired) electrons. The van der Waals surface area contributed by atoms with Gasteiger partial charge in [-0.05, 0) is 122 Å². The van der Waals surface area contributed by atoms with Crippen molar-refractivity contribution in [2.75, 3.05) is 13.2 Å². The molecule has 0 heterocycles. The summed E-state index contributed by atoms with van der Waals surface area (Å²) < 4.78 is 33.5. The number of nitro benzene ring substituents is 1. The third kappa shape index (κ3) is 22.2. The SMILES string of the molecule is CCCCCCCCCCCCCCOc1ccc(C(=O)Oc2ccc(C(=O)Oc3cccc(OC(=O)c4ccc(OC(=O)c5ccc(OCCCCCCCCCCCCCC)cc5)cc4)c3[N+](=O)[O-])cc2)cc1. The highest BCUT2D eigenvalue weighted by Gasteiger charge is 2.27. The molecule has 0 aromatic heterocycles. The van der Waals surface area contributed by atoms with Crippen molar-refractivity contribution >= 4 is 29.6 Å². The van der Waals surface area contributed by atoms with Crippen LogP contribution in [0.3, 0.4) is 0 Å². The van der Waals surface area contributed by atoms with Crippen LogP contribution in [0.5, 0.6) is 34.5 Å². The first-order valence-corrected chi connectivity index (χ1v) is 27.5. The van der Waals surface area contributed by atoms with Crippen molar-refractivity contribution in [2.45, 2.75) is 168 Å². The van der Waals surface area contributed by atoms with E-state index in [1.165, 1.54) is 195 Å². The summed E-state index contributed by atoms with van der Waals surface area (Å²) in [5.41, 5.74) is -0.117. The molecule has 402 valence electrons. The number of hydrogen-bond acceptors (Lipinski definition) is 12. The Morgan fingerprint density at radius 3 is 0.880 bits per heavy atom. The number of benzene rings is 5. The lowest BCUT2D eigenvalue weighted by molar-refractivity contribution is -0.386. The molecule has 0 saturated heterocycles. The zero-order chi connectivity index (χ0) is 53.3. The predicted octanol–water partition coefficient (Wildman–Crippen LogP) is 16.6. The Balaban J connectivity index is 1.00. The minimum atomic E-state index is -0.946. The quantitative estimate of drug-likeness (QED) is 0.0122. The van der Waals surface area contributed by atoms with E-state index in [9.17, 15) is 29.3 Å². The molecule has 13 heteroatoms. The molecule has 0 aliphatic rings. The van der Waals surface area contributed by atoms with Crippen molar-refractivity contribution in [3.05, 3.63) is 148 Å². The summed E-state index contributed by atoms with van der Waals surface area (Å²) >= 11 is 0. The minimum absolute atomic E-state index is 0.00760. The normalized spacial score (nSPS) is 10.9. The number of para-hydroxylation sites is 1. The van der Waals surface area contributed by atoms with Gasteiger partial charge in [0.25, 0.3) is 0 Å². The van der Waals surface area contributed by atoms with Gasteiger partial charge in [-0.2, -0.15) is 0 Å². The highest BCUT2D eigenvalue weighted by Crippen LogP contribution is 2.38. The van der Waals surface area contributed by atoms with Crippen LogP contribution >= 0.6 is 0 Å². The average molecular weight is 1030 g/mol. The van der Waals surface area contributed by atoms with Crippen LogP contribution in [0, 0.1) is 10.1 Å². The standard InChI is InChI=1S/C62H77NO12/c1-3-5-7-9-11-13-15-17-19-21-23-25-46-70-52-38-30-48(31-39-52)59(64)72-54-42-34-50(35-43-54)61(66)74-56-28-27-29-57(58(56)63(68)69)75-62(67)51-36-44-55(45-37-51)73-60(65)49-32-40-53(41-33-49)71-47-26-24-22-20-18-16-14-12-10-8-6-4-2/h27-45H,3-26,46-47H2,1-2H3. The molecular formula is C62H77NO12. The molecule has 0 N–H and O–H groups in total. The lowest BCUT2D eigenvalue weighted by atomic mass is 10.1. The monoisotopic (exact) mass is 1030 g/mol. The lowest BCUT2D eigenvalue weighted by Gasteiger charge is -2.10. The van der Waals surface area contributed by atoms with Crippen LogP contribution < -0.4 is 28.4 Å². The van der Waals surface area contributed by atoms with Gasteiger partial charge in [0.05, 0.1) is 40.4 Å². The molecule has 0 atom stereocenters. The molecule has 0 amide bonds. The Hall–Kier alpha value is -7.02. The fourth-order valence-electron chi connectivity index (χ4n) is 8.46. The fraction of sp³-hybridized carbons (Fsp3) is 0.452. The molecule has 0 spiro atoms. The van der Waals surface area contributed by atoms with E-state index in [0.29, 0.717) is 35.8 Å². The number of nitro groups is 1. The second-order valence-corrected chi connectivity index (χ2v) is 19.0. The van der Waals surface area contributed by atoms with Gasteiger partial charge in [0.1, 0.15) is 23.0 Å². The minimum Gasteiger partial charge on any atom is -0.494 e. The summed E-state index contributed by atoms with van der Waals surface area (Å²) in [6, 6.07) is 28.1. The predicted molar refractivity (Wildman–Crippen MR) is 292 cm³/mol. The maximum atomic E-state index is 13.2. The Morgan fingerprint density at radius 1 is 0.347 bits per heavy atom. The molecule has 13 nitrogen and oxygen atoms in total. The summed E-state index contributed by atoms with van der Waals surface area (Å²) in [6.45, 7) is 5.70. The summed E-state index contributed by atoms with van der Waals surface area (Å²) in [5, 5.41) is 12.2. The molecule has 5 aromatic rings. The summed E-state index contributed by atoms with van der Waals surface area (Å²) in [5.74, 6) is -2.40. The van der Waals surface area contributed by atoms with Crippen LogP contribution in [0.25, 0.3) is 0 Å². The number of carbonyl (C=O) groups excluding carboxylic acids is 4. The number of hydrogen-bond donors (Lipinski definition) is 0. The molecule has 0 aliphatic carbocycles. The maximum absolute atomic E-state index is 13.2. The molecule has 0 saturated carbocycles. The van der Waals surface area contributed by atoms with Crippen LogP contribution in [0.2, 0.25) is 0 Å². The molecule has 5 aromatic carbocycles. The number of esters is 4. The van der Waals surface area contributed by atoms with Crippen LogP contribution in [-0.4, -0.2) is 42.0 Å². The van der Waals surface area contributed by atoms with E-state index < -0.39 is 46.0 Å². The van der Waals surface area contributed by atoms with E-state index in [-0.39, 0.29) is 22.6 Å². The van der Waals surface area contributed by atoms with Gasteiger partial charge in [-0.15, -0.1) is 0 Å². The van der Waals surface area contributed by atoms with Gasteiger partial charge in [-0.25, -0.2) is 19.2 Å². The van der Waals surface area contributed by atoms with Crippen molar-refractivity contribution < 1.29 is 52.5 Å². The highest BCUT2D eigenvalue weighted by atomic mass is 16.6. The number of carbonyl (C=O) groups is 4. The summed E-state index contributed by atoms with van der Waals surface area (Å²) in [7, 11) is 0. The van der Waals surface area contributed by atoms with Gasteiger partial charge in [0.15, 0.2) is 0 Å². The van der Waals surface area contributed by atoms with E-state index in [1.54, 1.807) is 48.5 Å². The summed E-state index contributed by atoms with van der Waals surface area (Å²) in [6.07, 6.45) is 30.5. The molecule has 0 bridgehead atoms. The van der Waals surface area contributed by atoms with E-state index >= 15 is 0 Å². The van der Waals surface area contributed by atoms with Gasteiger partial charge in [-0.1, -0.05) is 161 Å². The topological polar surface area (TPSA) is 167 Å². The molecular weight excluding hydrogens is 951 g/mol. The fourth-order valence-corrected chi connectivity index (χ4v) is 8.46. The van der Waals surface area contributed by atoms with Crippen molar-refractivity contribution in [3.63, 3.8) is 0 Å². The smallest absolute Gasteiger partial charge is 0.353 e. The van der Waals surface area contributed by atoms with Gasteiger partial charge in [0, 0.05) is 0 Å². The van der Waals surface area contributed by atoms with Gasteiger partial charge < -0.3 is 28.4 Å². The average Bonchev–Trinajstić information content (AvgIpc) is 3.42. The van der Waals surface area contributed by atoms with Crippen molar-refractivity contribution in [2.24, 2.45) is 0 Å². The lowest BCUT2D eigenvalue weighted by Crippen LogP contribution is -2.13. The van der Waals surface area contributed by atoms with Crippen molar-refractivity contribution in [1.82, 2.24) is 0 Å². The zero-order valence-corrected chi connectivity index (χ0v) is 44.2. The maximum Gasteiger partial charge on any atom is 0.353 e. The Bertz CT molecular complexity index is 2310. The van der Waals surface area contributed by atoms with Crippen LogP contribution in [-0.2, 0) is 0 Å². The second-order valence-electron chi connectivity index (χ2n) is 19.0. The number of nitrogens with zero attached hydrogens (tertiary/aromatic N) is 1. The molecule has 0 unspecified atom stereocenters. The number of rotatable bonds is 37.